The van der Waals surface area contributed by atoms with Crippen molar-refractivity contribution in [3.63, 3.8) is 0 Å². The van der Waals surface area contributed by atoms with E-state index in [0.29, 0.717) is 25.2 Å². The molecule has 1 aliphatic heterocycles. The molecule has 1 aromatic carbocycles. The molecule has 0 saturated carbocycles. The summed E-state index contributed by atoms with van der Waals surface area (Å²) in [5.74, 6) is 5.14. The first-order chi connectivity index (χ1) is 9.53. The van der Waals surface area contributed by atoms with Gasteiger partial charge in [0.05, 0.1) is 11.6 Å². The molecule has 0 aliphatic carbocycles. The Morgan fingerprint density at radius 3 is 2.90 bits per heavy atom. The third-order valence-electron chi connectivity index (χ3n) is 2.78. The third-order valence-corrected chi connectivity index (χ3v) is 4.79. The maximum absolute atomic E-state index is 12.2. The fourth-order valence-electron chi connectivity index (χ4n) is 1.85. The maximum atomic E-state index is 12.2. The van der Waals surface area contributed by atoms with E-state index in [1.807, 2.05) is 0 Å². The Bertz CT molecular complexity index is 642. The van der Waals surface area contributed by atoms with Gasteiger partial charge in [-0.1, -0.05) is 23.4 Å². The van der Waals surface area contributed by atoms with Crippen LogP contribution in [0.4, 0.5) is 0 Å². The molecule has 0 radical (unpaired) electrons. The van der Waals surface area contributed by atoms with Crippen molar-refractivity contribution < 1.29 is 18.3 Å². The number of ether oxygens (including phenoxy) is 1. The first-order valence-electron chi connectivity index (χ1n) is 6.02. The molecular formula is C13H14ClNO4S. The molecule has 1 unspecified atom stereocenters. The Hall–Kier alpha value is -1.10. The second-order valence-electron chi connectivity index (χ2n) is 4.29. The summed E-state index contributed by atoms with van der Waals surface area (Å²) in [7, 11) is -3.67. The summed E-state index contributed by atoms with van der Waals surface area (Å²) in [5, 5.41) is 8.71. The minimum atomic E-state index is -3.67. The minimum Gasteiger partial charge on any atom is -0.384 e. The Balaban J connectivity index is 2.23. The van der Waals surface area contributed by atoms with Crippen molar-refractivity contribution in [2.24, 2.45) is 0 Å². The second kappa shape index (κ2) is 6.57. The van der Waals surface area contributed by atoms with Gasteiger partial charge in [0.15, 0.2) is 0 Å². The summed E-state index contributed by atoms with van der Waals surface area (Å²) in [6, 6.07) is 4.20. The predicted molar refractivity (Wildman–Crippen MR) is 75.0 cm³/mol. The lowest BCUT2D eigenvalue weighted by molar-refractivity contribution is 0.192. The van der Waals surface area contributed by atoms with Crippen LogP contribution < -0.4 is 4.72 Å². The lowest BCUT2D eigenvalue weighted by atomic mass is 10.2. The molecule has 1 atom stereocenters. The van der Waals surface area contributed by atoms with E-state index in [4.69, 9.17) is 21.4 Å². The number of aliphatic hydroxyl groups excluding tert-OH is 1. The van der Waals surface area contributed by atoms with E-state index in [9.17, 15) is 8.42 Å². The minimum absolute atomic E-state index is 0.0145. The van der Waals surface area contributed by atoms with Gasteiger partial charge in [0.1, 0.15) is 11.5 Å². The Morgan fingerprint density at radius 1 is 1.50 bits per heavy atom. The lowest BCUT2D eigenvalue weighted by Crippen LogP contribution is -2.35. The highest BCUT2D eigenvalue weighted by Gasteiger charge is 2.25. The zero-order valence-corrected chi connectivity index (χ0v) is 12.2. The summed E-state index contributed by atoms with van der Waals surface area (Å²) >= 11 is 6.00. The average Bonchev–Trinajstić information content (AvgIpc) is 2.88. The van der Waals surface area contributed by atoms with E-state index in [2.05, 4.69) is 16.6 Å². The van der Waals surface area contributed by atoms with Crippen molar-refractivity contribution in [3.05, 3.63) is 28.8 Å². The van der Waals surface area contributed by atoms with Gasteiger partial charge in [-0.15, -0.1) is 0 Å². The van der Waals surface area contributed by atoms with Crippen LogP contribution in [0.1, 0.15) is 12.0 Å². The number of aliphatic hydroxyl groups is 1. The van der Waals surface area contributed by atoms with Crippen molar-refractivity contribution in [2.75, 3.05) is 19.8 Å². The molecule has 1 aliphatic rings. The van der Waals surface area contributed by atoms with Crippen LogP contribution in [0.3, 0.4) is 0 Å². The molecule has 20 heavy (non-hydrogen) atoms. The van der Waals surface area contributed by atoms with Gasteiger partial charge in [-0.05, 0) is 24.6 Å². The van der Waals surface area contributed by atoms with E-state index < -0.39 is 10.0 Å². The molecule has 7 heteroatoms. The fraction of sp³-hybridized carbons (Fsp3) is 0.385. The summed E-state index contributed by atoms with van der Waals surface area (Å²) in [6.07, 6.45) is 0.650. The molecule has 5 nitrogen and oxygen atoms in total. The Morgan fingerprint density at radius 2 is 2.30 bits per heavy atom. The third kappa shape index (κ3) is 3.72. The molecule has 2 rings (SSSR count). The smallest absolute Gasteiger partial charge is 0.242 e. The van der Waals surface area contributed by atoms with Crippen molar-refractivity contribution in [1.29, 1.82) is 0 Å². The zero-order valence-electron chi connectivity index (χ0n) is 10.6. The predicted octanol–water partition coefficient (Wildman–Crippen LogP) is 0.751. The highest BCUT2D eigenvalue weighted by Crippen LogP contribution is 2.23. The topological polar surface area (TPSA) is 75.6 Å². The van der Waals surface area contributed by atoms with Crippen LogP contribution in [0.15, 0.2) is 23.1 Å². The summed E-state index contributed by atoms with van der Waals surface area (Å²) in [5.41, 5.74) is 0.548. The highest BCUT2D eigenvalue weighted by molar-refractivity contribution is 7.89. The Labute approximate surface area is 123 Å². The van der Waals surface area contributed by atoms with Gasteiger partial charge in [0, 0.05) is 18.2 Å². The molecule has 0 spiro atoms. The summed E-state index contributed by atoms with van der Waals surface area (Å²) in [4.78, 5) is 0.0145. The molecular weight excluding hydrogens is 302 g/mol. The molecule has 1 saturated heterocycles. The van der Waals surface area contributed by atoms with Gasteiger partial charge in [0.2, 0.25) is 10.0 Å². The molecule has 1 heterocycles. The number of halogens is 1. The van der Waals surface area contributed by atoms with Gasteiger partial charge < -0.3 is 9.84 Å². The van der Waals surface area contributed by atoms with Crippen LogP contribution in [-0.2, 0) is 14.8 Å². The molecule has 1 aromatic rings. The van der Waals surface area contributed by atoms with Crippen LogP contribution in [-0.4, -0.2) is 39.4 Å². The van der Waals surface area contributed by atoms with Crippen LogP contribution in [0.5, 0.6) is 0 Å². The normalized spacial score (nSPS) is 18.6. The first kappa shape index (κ1) is 15.3. The van der Waals surface area contributed by atoms with Crippen molar-refractivity contribution >= 4 is 21.6 Å². The number of hydrogen-bond acceptors (Lipinski definition) is 4. The van der Waals surface area contributed by atoms with Gasteiger partial charge in [0.25, 0.3) is 0 Å². The van der Waals surface area contributed by atoms with Crippen molar-refractivity contribution in [3.8, 4) is 11.8 Å². The van der Waals surface area contributed by atoms with Crippen molar-refractivity contribution in [2.45, 2.75) is 17.4 Å². The Kier molecular flexibility index (Phi) is 5.02. The molecule has 0 amide bonds. The van der Waals surface area contributed by atoms with Crippen LogP contribution in [0.2, 0.25) is 5.02 Å². The first-order valence-corrected chi connectivity index (χ1v) is 7.88. The number of benzene rings is 1. The van der Waals surface area contributed by atoms with Gasteiger partial charge in [-0.2, -0.15) is 0 Å². The standard InChI is InChI=1S/C13H14ClNO4S/c14-12-8-10(2-1-6-16)3-4-13(12)20(17,18)15-11-5-7-19-9-11/h3-4,8,11,15-16H,5-7,9H2. The maximum Gasteiger partial charge on any atom is 0.242 e. The van der Waals surface area contributed by atoms with Gasteiger partial charge in [-0.3, -0.25) is 0 Å². The molecule has 108 valence electrons. The SMILES string of the molecule is O=S(=O)(NC1CCOC1)c1ccc(C#CCO)cc1Cl. The summed E-state index contributed by atoms with van der Waals surface area (Å²) < 4.78 is 32.1. The average molecular weight is 316 g/mol. The lowest BCUT2D eigenvalue weighted by Gasteiger charge is -2.12. The van der Waals surface area contributed by atoms with Crippen LogP contribution >= 0.6 is 11.6 Å². The van der Waals surface area contributed by atoms with E-state index >= 15 is 0 Å². The molecule has 0 aromatic heterocycles. The van der Waals surface area contributed by atoms with Crippen LogP contribution in [0.25, 0.3) is 0 Å². The van der Waals surface area contributed by atoms with E-state index in [-0.39, 0.29) is 22.6 Å². The fourth-order valence-corrected chi connectivity index (χ4v) is 3.65. The zero-order chi connectivity index (χ0) is 14.6. The molecule has 0 bridgehead atoms. The number of nitrogens with one attached hydrogen (secondary N) is 1. The number of rotatable bonds is 3. The molecule has 2 N–H and O–H groups in total. The quantitative estimate of drug-likeness (QED) is 0.807. The largest absolute Gasteiger partial charge is 0.384 e. The van der Waals surface area contributed by atoms with Gasteiger partial charge in [-0.25, -0.2) is 13.1 Å². The van der Waals surface area contributed by atoms with E-state index in [0.717, 1.165) is 0 Å². The molecule has 1 fully saturated rings. The van der Waals surface area contributed by atoms with E-state index in [1.54, 1.807) is 6.07 Å². The van der Waals surface area contributed by atoms with E-state index in [1.165, 1.54) is 12.1 Å². The monoisotopic (exact) mass is 315 g/mol. The number of sulfonamides is 1. The summed E-state index contributed by atoms with van der Waals surface area (Å²) in [6.45, 7) is 0.661. The highest BCUT2D eigenvalue weighted by atomic mass is 35.5. The second-order valence-corrected chi connectivity index (χ2v) is 6.38. The van der Waals surface area contributed by atoms with Gasteiger partial charge >= 0.3 is 0 Å². The van der Waals surface area contributed by atoms with Crippen molar-refractivity contribution in [1.82, 2.24) is 4.72 Å². The van der Waals surface area contributed by atoms with Crippen LogP contribution in [0, 0.1) is 11.8 Å². The number of hydrogen-bond donors (Lipinski definition) is 2.